The van der Waals surface area contributed by atoms with E-state index in [1.54, 1.807) is 0 Å². The molecule has 1 aliphatic carbocycles. The van der Waals surface area contributed by atoms with Gasteiger partial charge in [-0.3, -0.25) is 0 Å². The normalized spacial score (nSPS) is 16.2. The van der Waals surface area contributed by atoms with E-state index in [0.29, 0.717) is 0 Å². The van der Waals surface area contributed by atoms with Gasteiger partial charge in [0.2, 0.25) is 0 Å². The maximum Gasteiger partial charge on any atom is 0.0951 e. The molecule has 1 aromatic rings. The van der Waals surface area contributed by atoms with Gasteiger partial charge < -0.3 is 14.8 Å². The lowest BCUT2D eigenvalue weighted by Crippen LogP contribution is -2.26. The van der Waals surface area contributed by atoms with Gasteiger partial charge in [0, 0.05) is 31.9 Å². The van der Waals surface area contributed by atoms with Gasteiger partial charge in [0.15, 0.2) is 0 Å². The van der Waals surface area contributed by atoms with E-state index in [2.05, 4.69) is 33.9 Å². The predicted molar refractivity (Wildman–Crippen MR) is 60.8 cm³/mol. The van der Waals surface area contributed by atoms with Crippen LogP contribution in [0.15, 0.2) is 12.5 Å². The van der Waals surface area contributed by atoms with Crippen molar-refractivity contribution in [3.05, 3.63) is 18.2 Å². The summed E-state index contributed by atoms with van der Waals surface area (Å²) in [6.07, 6.45) is 6.57. The molecule has 4 nitrogen and oxygen atoms in total. The number of rotatable bonds is 6. The molecule has 0 radical (unpaired) electrons. The number of hydrogen-bond acceptors (Lipinski definition) is 3. The Hall–Kier alpha value is -0.870. The summed E-state index contributed by atoms with van der Waals surface area (Å²) in [7, 11) is 4.19. The molecule has 0 atom stereocenters. The molecule has 1 aliphatic rings. The highest BCUT2D eigenvalue weighted by Crippen LogP contribution is 2.35. The van der Waals surface area contributed by atoms with Crippen LogP contribution in [0.3, 0.4) is 0 Å². The smallest absolute Gasteiger partial charge is 0.0951 e. The topological polar surface area (TPSA) is 33.1 Å². The molecule has 1 heterocycles. The first-order valence-electron chi connectivity index (χ1n) is 5.63. The molecule has 15 heavy (non-hydrogen) atoms. The highest BCUT2D eigenvalue weighted by atomic mass is 15.1. The standard InChI is InChI=1S/C11H20N4/c1-14(2)6-5-12-7-11-8-13-9-15(11)10-3-4-10/h8-10,12H,3-7H2,1-2H3. The van der Waals surface area contributed by atoms with E-state index in [-0.39, 0.29) is 0 Å². The third-order valence-electron chi connectivity index (χ3n) is 2.73. The highest BCUT2D eigenvalue weighted by molar-refractivity contribution is 5.03. The molecule has 2 rings (SSSR count). The van der Waals surface area contributed by atoms with Crippen LogP contribution in [0.2, 0.25) is 0 Å². The summed E-state index contributed by atoms with van der Waals surface area (Å²) < 4.78 is 2.31. The molecule has 0 unspecified atom stereocenters. The van der Waals surface area contributed by atoms with Gasteiger partial charge in [-0.05, 0) is 26.9 Å². The summed E-state index contributed by atoms with van der Waals surface area (Å²) in [5.41, 5.74) is 1.32. The Morgan fingerprint density at radius 1 is 1.53 bits per heavy atom. The summed E-state index contributed by atoms with van der Waals surface area (Å²) in [6, 6.07) is 0.734. The van der Waals surface area contributed by atoms with Crippen LogP contribution in [0.1, 0.15) is 24.6 Å². The molecular formula is C11H20N4. The molecule has 4 heteroatoms. The van der Waals surface area contributed by atoms with Crippen LogP contribution in [0.25, 0.3) is 0 Å². The largest absolute Gasteiger partial charge is 0.330 e. The maximum atomic E-state index is 4.21. The molecular weight excluding hydrogens is 188 g/mol. The summed E-state index contributed by atoms with van der Waals surface area (Å²) in [5.74, 6) is 0. The summed E-state index contributed by atoms with van der Waals surface area (Å²) in [6.45, 7) is 3.05. The van der Waals surface area contributed by atoms with Crippen LogP contribution in [0.5, 0.6) is 0 Å². The summed E-state index contributed by atoms with van der Waals surface area (Å²) in [4.78, 5) is 6.40. The molecule has 0 aliphatic heterocycles. The van der Waals surface area contributed by atoms with Gasteiger partial charge in [-0.15, -0.1) is 0 Å². The number of aromatic nitrogens is 2. The number of imidazole rings is 1. The van der Waals surface area contributed by atoms with Gasteiger partial charge in [0.25, 0.3) is 0 Å². The lowest BCUT2D eigenvalue weighted by molar-refractivity contribution is 0.398. The van der Waals surface area contributed by atoms with Crippen LogP contribution in [-0.2, 0) is 6.54 Å². The molecule has 0 amide bonds. The minimum absolute atomic E-state index is 0.734. The van der Waals surface area contributed by atoms with Crippen molar-refractivity contribution < 1.29 is 0 Å². The Morgan fingerprint density at radius 3 is 3.00 bits per heavy atom. The van der Waals surface area contributed by atoms with Crippen molar-refractivity contribution in [2.24, 2.45) is 0 Å². The van der Waals surface area contributed by atoms with Gasteiger partial charge in [-0.25, -0.2) is 4.98 Å². The molecule has 0 aromatic carbocycles. The predicted octanol–water partition coefficient (Wildman–Crippen LogP) is 0.869. The lowest BCUT2D eigenvalue weighted by atomic mass is 10.4. The van der Waals surface area contributed by atoms with E-state index in [4.69, 9.17) is 0 Å². The third kappa shape index (κ3) is 3.04. The Bertz CT molecular complexity index is 301. The van der Waals surface area contributed by atoms with Crippen molar-refractivity contribution in [3.8, 4) is 0 Å². The Labute approximate surface area is 91.3 Å². The highest BCUT2D eigenvalue weighted by Gasteiger charge is 2.24. The monoisotopic (exact) mass is 208 g/mol. The third-order valence-corrected chi connectivity index (χ3v) is 2.73. The van der Waals surface area contributed by atoms with Crippen molar-refractivity contribution in [3.63, 3.8) is 0 Å². The Balaban J connectivity index is 1.75. The lowest BCUT2D eigenvalue weighted by Gasteiger charge is -2.11. The number of hydrogen-bond donors (Lipinski definition) is 1. The summed E-state index contributed by atoms with van der Waals surface area (Å²) >= 11 is 0. The molecule has 1 fully saturated rings. The van der Waals surface area contributed by atoms with Gasteiger partial charge in [-0.1, -0.05) is 0 Å². The second-order valence-corrected chi connectivity index (χ2v) is 4.50. The second kappa shape index (κ2) is 4.77. The van der Waals surface area contributed by atoms with Crippen LogP contribution in [-0.4, -0.2) is 41.6 Å². The van der Waals surface area contributed by atoms with Crippen molar-refractivity contribution >= 4 is 0 Å². The van der Waals surface area contributed by atoms with E-state index in [1.165, 1.54) is 18.5 Å². The zero-order valence-corrected chi connectivity index (χ0v) is 9.61. The molecule has 1 saturated carbocycles. The molecule has 0 spiro atoms. The van der Waals surface area contributed by atoms with Gasteiger partial charge in [0.1, 0.15) is 0 Å². The number of nitrogens with one attached hydrogen (secondary N) is 1. The fraction of sp³-hybridized carbons (Fsp3) is 0.727. The van der Waals surface area contributed by atoms with E-state index in [9.17, 15) is 0 Å². The van der Waals surface area contributed by atoms with Gasteiger partial charge in [-0.2, -0.15) is 0 Å². The molecule has 1 N–H and O–H groups in total. The van der Waals surface area contributed by atoms with Gasteiger partial charge in [0.05, 0.1) is 12.0 Å². The van der Waals surface area contributed by atoms with Crippen LogP contribution >= 0.6 is 0 Å². The van der Waals surface area contributed by atoms with Gasteiger partial charge >= 0.3 is 0 Å². The summed E-state index contributed by atoms with van der Waals surface area (Å²) in [5, 5.41) is 3.44. The number of likely N-dealkylation sites (N-methyl/N-ethyl adjacent to an activating group) is 1. The van der Waals surface area contributed by atoms with Crippen LogP contribution in [0, 0.1) is 0 Å². The average Bonchev–Trinajstić information content (AvgIpc) is 2.93. The molecule has 0 saturated heterocycles. The van der Waals surface area contributed by atoms with Crippen LogP contribution < -0.4 is 5.32 Å². The zero-order valence-electron chi connectivity index (χ0n) is 9.61. The second-order valence-electron chi connectivity index (χ2n) is 4.50. The SMILES string of the molecule is CN(C)CCNCc1cncn1C1CC1. The van der Waals surface area contributed by atoms with Crippen molar-refractivity contribution in [1.29, 1.82) is 0 Å². The van der Waals surface area contributed by atoms with E-state index >= 15 is 0 Å². The Morgan fingerprint density at radius 2 is 2.33 bits per heavy atom. The minimum atomic E-state index is 0.734. The fourth-order valence-electron chi connectivity index (χ4n) is 1.67. The molecule has 1 aromatic heterocycles. The van der Waals surface area contributed by atoms with Crippen molar-refractivity contribution in [2.75, 3.05) is 27.2 Å². The minimum Gasteiger partial charge on any atom is -0.330 e. The maximum absolute atomic E-state index is 4.21. The average molecular weight is 208 g/mol. The zero-order chi connectivity index (χ0) is 10.7. The molecule has 0 bridgehead atoms. The van der Waals surface area contributed by atoms with E-state index in [1.807, 2.05) is 12.5 Å². The van der Waals surface area contributed by atoms with Crippen molar-refractivity contribution in [1.82, 2.24) is 19.8 Å². The molecule has 84 valence electrons. The fourth-order valence-corrected chi connectivity index (χ4v) is 1.67. The van der Waals surface area contributed by atoms with E-state index in [0.717, 1.165) is 25.7 Å². The number of nitrogens with zero attached hydrogens (tertiary/aromatic N) is 3. The first-order valence-corrected chi connectivity index (χ1v) is 5.63. The quantitative estimate of drug-likeness (QED) is 0.704. The van der Waals surface area contributed by atoms with E-state index < -0.39 is 0 Å². The first kappa shape index (κ1) is 10.6. The van der Waals surface area contributed by atoms with Crippen LogP contribution in [0.4, 0.5) is 0 Å². The first-order chi connectivity index (χ1) is 7.27. The Kier molecular flexibility index (Phi) is 3.38. The van der Waals surface area contributed by atoms with Crippen molar-refractivity contribution in [2.45, 2.75) is 25.4 Å².